The van der Waals surface area contributed by atoms with Gasteiger partial charge in [0, 0.05) is 19.2 Å². The lowest BCUT2D eigenvalue weighted by Gasteiger charge is -2.32. The Balaban J connectivity index is 1.77. The summed E-state index contributed by atoms with van der Waals surface area (Å²) < 4.78 is 2.07. The molecule has 0 saturated carbocycles. The fourth-order valence-electron chi connectivity index (χ4n) is 3.08. The van der Waals surface area contributed by atoms with Crippen LogP contribution < -0.4 is 0 Å². The second-order valence-corrected chi connectivity index (χ2v) is 5.65. The summed E-state index contributed by atoms with van der Waals surface area (Å²) in [6, 6.07) is 5.97. The van der Waals surface area contributed by atoms with Crippen molar-refractivity contribution < 1.29 is 4.79 Å². The van der Waals surface area contributed by atoms with Gasteiger partial charge in [0.1, 0.15) is 5.65 Å². The lowest BCUT2D eigenvalue weighted by molar-refractivity contribution is -0.135. The van der Waals surface area contributed by atoms with Gasteiger partial charge in [-0.15, -0.1) is 0 Å². The van der Waals surface area contributed by atoms with Gasteiger partial charge < -0.3 is 9.30 Å². The molecule has 1 fully saturated rings. The number of imidazole rings is 1. The normalized spacial score (nSPS) is 19.8. The molecule has 3 heterocycles. The van der Waals surface area contributed by atoms with Crippen LogP contribution in [0.2, 0.25) is 0 Å². The van der Waals surface area contributed by atoms with Crippen LogP contribution in [0.3, 0.4) is 0 Å². The first-order chi connectivity index (χ1) is 9.78. The Bertz CT molecular complexity index is 605. The van der Waals surface area contributed by atoms with Crippen LogP contribution in [0.1, 0.15) is 38.3 Å². The van der Waals surface area contributed by atoms with Crippen LogP contribution in [0, 0.1) is 5.92 Å². The van der Waals surface area contributed by atoms with E-state index in [0.29, 0.717) is 18.9 Å². The van der Waals surface area contributed by atoms with Gasteiger partial charge in [0.15, 0.2) is 0 Å². The average molecular weight is 271 g/mol. The van der Waals surface area contributed by atoms with Crippen molar-refractivity contribution >= 4 is 11.6 Å². The second-order valence-electron chi connectivity index (χ2n) is 5.65. The molecule has 1 amide bonds. The molecule has 0 radical (unpaired) electrons. The van der Waals surface area contributed by atoms with Crippen molar-refractivity contribution in [2.75, 3.05) is 6.54 Å². The highest BCUT2D eigenvalue weighted by Gasteiger charge is 2.25. The summed E-state index contributed by atoms with van der Waals surface area (Å²) in [6.07, 6.45) is 8.05. The van der Waals surface area contributed by atoms with Crippen molar-refractivity contribution in [1.29, 1.82) is 0 Å². The number of carbonyl (C=O) groups is 1. The van der Waals surface area contributed by atoms with Crippen molar-refractivity contribution in [3.63, 3.8) is 0 Å². The molecule has 106 valence electrons. The number of piperidine rings is 1. The number of aromatic nitrogens is 2. The minimum absolute atomic E-state index is 0.281. The van der Waals surface area contributed by atoms with Gasteiger partial charge in [0.25, 0.3) is 0 Å². The zero-order valence-corrected chi connectivity index (χ0v) is 12.0. The van der Waals surface area contributed by atoms with Crippen LogP contribution in [0.15, 0.2) is 30.6 Å². The Morgan fingerprint density at radius 1 is 1.40 bits per heavy atom. The molecule has 0 aromatic carbocycles. The van der Waals surface area contributed by atoms with Crippen LogP contribution in [-0.4, -0.2) is 26.7 Å². The summed E-state index contributed by atoms with van der Waals surface area (Å²) in [5, 5.41) is 0. The number of hydrogen-bond donors (Lipinski definition) is 0. The SMILES string of the molecule is CCCC1CCC(=O)N(Cc2cnc3ccccn23)C1. The number of nitrogens with zero attached hydrogens (tertiary/aromatic N) is 3. The first-order valence-corrected chi connectivity index (χ1v) is 7.46. The molecule has 0 spiro atoms. The Morgan fingerprint density at radius 3 is 3.15 bits per heavy atom. The van der Waals surface area contributed by atoms with E-state index in [1.54, 1.807) is 0 Å². The fourth-order valence-corrected chi connectivity index (χ4v) is 3.08. The summed E-state index contributed by atoms with van der Waals surface area (Å²) in [5.74, 6) is 0.945. The maximum atomic E-state index is 12.1. The molecule has 4 heteroatoms. The van der Waals surface area contributed by atoms with Crippen molar-refractivity contribution in [2.24, 2.45) is 5.92 Å². The molecule has 1 aliphatic heterocycles. The first-order valence-electron chi connectivity index (χ1n) is 7.46. The monoisotopic (exact) mass is 271 g/mol. The van der Waals surface area contributed by atoms with Gasteiger partial charge in [-0.1, -0.05) is 19.4 Å². The molecule has 4 nitrogen and oxygen atoms in total. The molecule has 3 rings (SSSR count). The molecule has 0 N–H and O–H groups in total. The highest BCUT2D eigenvalue weighted by atomic mass is 16.2. The highest BCUT2D eigenvalue weighted by Crippen LogP contribution is 2.23. The van der Waals surface area contributed by atoms with E-state index in [-0.39, 0.29) is 5.91 Å². The molecular weight excluding hydrogens is 250 g/mol. The zero-order chi connectivity index (χ0) is 13.9. The molecule has 1 unspecified atom stereocenters. The predicted octanol–water partition coefficient (Wildman–Crippen LogP) is 2.87. The molecule has 0 bridgehead atoms. The fraction of sp³-hybridized carbons (Fsp3) is 0.500. The number of likely N-dealkylation sites (tertiary alicyclic amines) is 1. The summed E-state index contributed by atoms with van der Waals surface area (Å²) in [5.41, 5.74) is 2.03. The number of amides is 1. The first kappa shape index (κ1) is 13.2. The third-order valence-electron chi connectivity index (χ3n) is 4.14. The number of carbonyl (C=O) groups excluding carboxylic acids is 1. The lowest BCUT2D eigenvalue weighted by atomic mass is 9.93. The van der Waals surface area contributed by atoms with Crippen LogP contribution in [0.5, 0.6) is 0 Å². The topological polar surface area (TPSA) is 37.6 Å². The zero-order valence-electron chi connectivity index (χ0n) is 12.0. The van der Waals surface area contributed by atoms with E-state index in [2.05, 4.69) is 16.3 Å². The summed E-state index contributed by atoms with van der Waals surface area (Å²) >= 11 is 0. The molecule has 2 aromatic heterocycles. The van der Waals surface area contributed by atoms with Crippen molar-refractivity contribution in [1.82, 2.24) is 14.3 Å². The van der Waals surface area contributed by atoms with Gasteiger partial charge in [0.05, 0.1) is 18.4 Å². The van der Waals surface area contributed by atoms with Gasteiger partial charge in [-0.2, -0.15) is 0 Å². The van der Waals surface area contributed by atoms with Gasteiger partial charge in [-0.05, 0) is 30.9 Å². The Morgan fingerprint density at radius 2 is 2.30 bits per heavy atom. The average Bonchev–Trinajstić information content (AvgIpc) is 2.86. The lowest BCUT2D eigenvalue weighted by Crippen LogP contribution is -2.39. The minimum Gasteiger partial charge on any atom is -0.337 e. The molecule has 20 heavy (non-hydrogen) atoms. The smallest absolute Gasteiger partial charge is 0.222 e. The Labute approximate surface area is 119 Å². The minimum atomic E-state index is 0.281. The van der Waals surface area contributed by atoms with E-state index in [1.807, 2.05) is 35.5 Å². The molecule has 0 aliphatic carbocycles. The summed E-state index contributed by atoms with van der Waals surface area (Å²) in [7, 11) is 0. The quantitative estimate of drug-likeness (QED) is 0.857. The van der Waals surface area contributed by atoms with E-state index in [4.69, 9.17) is 0 Å². The summed E-state index contributed by atoms with van der Waals surface area (Å²) in [6.45, 7) is 3.78. The van der Waals surface area contributed by atoms with E-state index < -0.39 is 0 Å². The number of hydrogen-bond acceptors (Lipinski definition) is 2. The molecular formula is C16H21N3O. The molecule has 1 aliphatic rings. The Kier molecular flexibility index (Phi) is 3.72. The van der Waals surface area contributed by atoms with E-state index >= 15 is 0 Å². The third-order valence-corrected chi connectivity index (χ3v) is 4.14. The van der Waals surface area contributed by atoms with Gasteiger partial charge in [-0.3, -0.25) is 4.79 Å². The van der Waals surface area contributed by atoms with Gasteiger partial charge in [0.2, 0.25) is 5.91 Å². The maximum Gasteiger partial charge on any atom is 0.222 e. The van der Waals surface area contributed by atoms with Crippen LogP contribution in [0.25, 0.3) is 5.65 Å². The van der Waals surface area contributed by atoms with Crippen molar-refractivity contribution in [2.45, 2.75) is 39.2 Å². The van der Waals surface area contributed by atoms with Crippen LogP contribution in [-0.2, 0) is 11.3 Å². The second kappa shape index (κ2) is 5.65. The standard InChI is InChI=1S/C16H21N3O/c1-2-5-13-7-8-16(20)18(11-13)12-14-10-17-15-6-3-4-9-19(14)15/h3-4,6,9-10,13H,2,5,7-8,11-12H2,1H3. The molecule has 1 atom stereocenters. The predicted molar refractivity (Wildman–Crippen MR) is 78.2 cm³/mol. The maximum absolute atomic E-state index is 12.1. The molecule has 1 saturated heterocycles. The van der Waals surface area contributed by atoms with E-state index in [0.717, 1.165) is 24.3 Å². The Hall–Kier alpha value is -1.84. The van der Waals surface area contributed by atoms with Crippen molar-refractivity contribution in [3.05, 3.63) is 36.3 Å². The summed E-state index contributed by atoms with van der Waals surface area (Å²) in [4.78, 5) is 18.5. The van der Waals surface area contributed by atoms with Crippen LogP contribution in [0.4, 0.5) is 0 Å². The van der Waals surface area contributed by atoms with Crippen molar-refractivity contribution in [3.8, 4) is 0 Å². The highest BCUT2D eigenvalue weighted by molar-refractivity contribution is 5.76. The van der Waals surface area contributed by atoms with Gasteiger partial charge >= 0.3 is 0 Å². The van der Waals surface area contributed by atoms with Gasteiger partial charge in [-0.25, -0.2) is 4.98 Å². The van der Waals surface area contributed by atoms with Crippen LogP contribution >= 0.6 is 0 Å². The largest absolute Gasteiger partial charge is 0.337 e. The number of fused-ring (bicyclic) bond motifs is 1. The third kappa shape index (κ3) is 2.55. The number of pyridine rings is 1. The number of rotatable bonds is 4. The van der Waals surface area contributed by atoms with E-state index in [1.165, 1.54) is 12.8 Å². The molecule has 2 aromatic rings. The van der Waals surface area contributed by atoms with E-state index in [9.17, 15) is 4.79 Å².